The lowest BCUT2D eigenvalue weighted by molar-refractivity contribution is 0.382. The minimum Gasteiger partial charge on any atom is -0.507 e. The SMILES string of the molecule is CCC(CC)(CC)c1ccc(-c2ccc(O)c(I)c2)cc1. The van der Waals surface area contributed by atoms with E-state index in [4.69, 9.17) is 0 Å². The van der Waals surface area contributed by atoms with E-state index >= 15 is 0 Å². The van der Waals surface area contributed by atoms with Gasteiger partial charge in [-0.1, -0.05) is 51.1 Å². The van der Waals surface area contributed by atoms with Crippen LogP contribution in [0.1, 0.15) is 45.6 Å². The number of rotatable bonds is 5. The molecule has 112 valence electrons. The van der Waals surface area contributed by atoms with Crippen LogP contribution in [-0.4, -0.2) is 5.11 Å². The molecule has 1 N–H and O–H groups in total. The first-order valence-electron chi connectivity index (χ1n) is 7.65. The number of phenols is 1. The molecule has 0 saturated heterocycles. The molecule has 0 radical (unpaired) electrons. The van der Waals surface area contributed by atoms with E-state index in [1.54, 1.807) is 6.07 Å². The van der Waals surface area contributed by atoms with Gasteiger partial charge in [-0.25, -0.2) is 0 Å². The predicted molar refractivity (Wildman–Crippen MR) is 98.8 cm³/mol. The Morgan fingerprint density at radius 2 is 1.38 bits per heavy atom. The minimum atomic E-state index is 0.307. The van der Waals surface area contributed by atoms with Crippen molar-refractivity contribution in [3.8, 4) is 16.9 Å². The Kier molecular flexibility index (Phi) is 5.31. The maximum absolute atomic E-state index is 9.63. The van der Waals surface area contributed by atoms with Crippen LogP contribution >= 0.6 is 22.6 Å². The van der Waals surface area contributed by atoms with Crippen molar-refractivity contribution in [2.24, 2.45) is 0 Å². The summed E-state index contributed by atoms with van der Waals surface area (Å²) in [5, 5.41) is 9.63. The van der Waals surface area contributed by atoms with Crippen LogP contribution in [0, 0.1) is 3.57 Å². The lowest BCUT2D eigenvalue weighted by Gasteiger charge is -2.31. The third-order valence-electron chi connectivity index (χ3n) is 4.81. The normalized spacial score (nSPS) is 11.6. The molecule has 0 bridgehead atoms. The highest BCUT2D eigenvalue weighted by molar-refractivity contribution is 14.1. The molecule has 0 saturated carbocycles. The fraction of sp³-hybridized carbons (Fsp3) is 0.368. The molecule has 2 rings (SSSR count). The van der Waals surface area contributed by atoms with E-state index in [0.717, 1.165) is 9.13 Å². The molecule has 2 heteroatoms. The second-order valence-corrected chi connectivity index (χ2v) is 6.75. The topological polar surface area (TPSA) is 20.2 Å². The van der Waals surface area contributed by atoms with Crippen LogP contribution in [-0.2, 0) is 5.41 Å². The summed E-state index contributed by atoms with van der Waals surface area (Å²) in [6.45, 7) is 6.84. The highest BCUT2D eigenvalue weighted by Crippen LogP contribution is 2.36. The maximum atomic E-state index is 9.63. The van der Waals surface area contributed by atoms with Crippen LogP contribution in [0.15, 0.2) is 42.5 Å². The maximum Gasteiger partial charge on any atom is 0.128 e. The third kappa shape index (κ3) is 3.25. The summed E-state index contributed by atoms with van der Waals surface area (Å²) in [6, 6.07) is 14.7. The molecule has 0 aliphatic carbocycles. The second-order valence-electron chi connectivity index (χ2n) is 5.58. The molecular formula is C19H23IO. The zero-order valence-corrected chi connectivity index (χ0v) is 15.1. The number of phenolic OH excluding ortho intramolecular Hbond substituents is 1. The molecule has 0 aromatic heterocycles. The zero-order valence-electron chi connectivity index (χ0n) is 13.0. The Morgan fingerprint density at radius 1 is 0.857 bits per heavy atom. The monoisotopic (exact) mass is 394 g/mol. The van der Waals surface area contributed by atoms with E-state index in [2.05, 4.69) is 67.6 Å². The molecule has 0 aliphatic rings. The molecule has 2 aromatic carbocycles. The van der Waals surface area contributed by atoms with Gasteiger partial charge in [-0.05, 0) is 76.1 Å². The highest BCUT2D eigenvalue weighted by atomic mass is 127. The van der Waals surface area contributed by atoms with E-state index in [1.165, 1.54) is 30.4 Å². The zero-order chi connectivity index (χ0) is 15.5. The molecular weight excluding hydrogens is 371 g/mol. The number of aromatic hydroxyl groups is 1. The average molecular weight is 394 g/mol. The van der Waals surface area contributed by atoms with Crippen molar-refractivity contribution in [1.29, 1.82) is 0 Å². The lowest BCUT2D eigenvalue weighted by Crippen LogP contribution is -2.23. The van der Waals surface area contributed by atoms with Crippen LogP contribution in [0.4, 0.5) is 0 Å². The molecule has 21 heavy (non-hydrogen) atoms. The van der Waals surface area contributed by atoms with Crippen molar-refractivity contribution < 1.29 is 5.11 Å². The van der Waals surface area contributed by atoms with Gasteiger partial charge in [0.25, 0.3) is 0 Å². The van der Waals surface area contributed by atoms with Crippen LogP contribution in [0.3, 0.4) is 0 Å². The van der Waals surface area contributed by atoms with E-state index in [1.807, 2.05) is 12.1 Å². The molecule has 0 fully saturated rings. The standard InChI is InChI=1S/C19H23IO/c1-4-19(5-2,6-3)16-10-7-14(8-11-16)15-9-12-18(21)17(20)13-15/h7-13,21H,4-6H2,1-3H3. The van der Waals surface area contributed by atoms with Gasteiger partial charge in [0.05, 0.1) is 3.57 Å². The Hall–Kier alpha value is -1.03. The van der Waals surface area contributed by atoms with Crippen LogP contribution in [0.25, 0.3) is 11.1 Å². The summed E-state index contributed by atoms with van der Waals surface area (Å²) in [4.78, 5) is 0. The summed E-state index contributed by atoms with van der Waals surface area (Å²) < 4.78 is 0.888. The third-order valence-corrected chi connectivity index (χ3v) is 5.67. The minimum absolute atomic E-state index is 0.307. The van der Waals surface area contributed by atoms with E-state index in [0.29, 0.717) is 11.2 Å². The second kappa shape index (κ2) is 6.82. The van der Waals surface area contributed by atoms with Gasteiger partial charge in [-0.3, -0.25) is 0 Å². The van der Waals surface area contributed by atoms with Gasteiger partial charge < -0.3 is 5.11 Å². The first kappa shape index (κ1) is 16.3. The molecule has 0 spiro atoms. The van der Waals surface area contributed by atoms with E-state index in [9.17, 15) is 5.11 Å². The van der Waals surface area contributed by atoms with Crippen molar-refractivity contribution in [2.45, 2.75) is 45.4 Å². The van der Waals surface area contributed by atoms with Crippen LogP contribution < -0.4 is 0 Å². The van der Waals surface area contributed by atoms with Crippen LogP contribution in [0.5, 0.6) is 5.75 Å². The largest absolute Gasteiger partial charge is 0.507 e. The van der Waals surface area contributed by atoms with Crippen molar-refractivity contribution in [1.82, 2.24) is 0 Å². The quantitative estimate of drug-likeness (QED) is 0.605. The van der Waals surface area contributed by atoms with Crippen LogP contribution in [0.2, 0.25) is 0 Å². The first-order chi connectivity index (χ1) is 10.1. The predicted octanol–water partition coefficient (Wildman–Crippen LogP) is 6.13. The number of hydrogen-bond acceptors (Lipinski definition) is 1. The number of benzene rings is 2. The molecule has 0 atom stereocenters. The average Bonchev–Trinajstić information content (AvgIpc) is 2.53. The van der Waals surface area contributed by atoms with Crippen molar-refractivity contribution in [2.75, 3.05) is 0 Å². The van der Waals surface area contributed by atoms with Gasteiger partial charge in [0.15, 0.2) is 0 Å². The van der Waals surface area contributed by atoms with Gasteiger partial charge in [0, 0.05) is 0 Å². The summed E-state index contributed by atoms with van der Waals surface area (Å²) in [7, 11) is 0. The summed E-state index contributed by atoms with van der Waals surface area (Å²) in [5.74, 6) is 0.345. The molecule has 0 unspecified atom stereocenters. The summed E-state index contributed by atoms with van der Waals surface area (Å²) in [5.41, 5.74) is 4.10. The van der Waals surface area contributed by atoms with Gasteiger partial charge in [-0.2, -0.15) is 0 Å². The Morgan fingerprint density at radius 3 is 1.86 bits per heavy atom. The van der Waals surface area contributed by atoms with E-state index in [-0.39, 0.29) is 0 Å². The fourth-order valence-corrected chi connectivity index (χ4v) is 3.58. The van der Waals surface area contributed by atoms with Crippen molar-refractivity contribution >= 4 is 22.6 Å². The summed E-state index contributed by atoms with van der Waals surface area (Å²) >= 11 is 2.16. The number of halogens is 1. The molecule has 0 aliphatic heterocycles. The summed E-state index contributed by atoms with van der Waals surface area (Å²) in [6.07, 6.45) is 3.53. The highest BCUT2D eigenvalue weighted by Gasteiger charge is 2.25. The first-order valence-corrected chi connectivity index (χ1v) is 8.73. The fourth-order valence-electron chi connectivity index (χ4n) is 3.07. The molecule has 1 nitrogen and oxygen atoms in total. The Labute approximate surface area is 141 Å². The number of hydrogen-bond donors (Lipinski definition) is 1. The molecule has 0 heterocycles. The van der Waals surface area contributed by atoms with E-state index < -0.39 is 0 Å². The molecule has 0 amide bonds. The van der Waals surface area contributed by atoms with Crippen molar-refractivity contribution in [3.05, 3.63) is 51.6 Å². The lowest BCUT2D eigenvalue weighted by atomic mass is 9.73. The Balaban J connectivity index is 2.36. The smallest absolute Gasteiger partial charge is 0.128 e. The van der Waals surface area contributed by atoms with Gasteiger partial charge in [-0.15, -0.1) is 0 Å². The van der Waals surface area contributed by atoms with Gasteiger partial charge in [0.2, 0.25) is 0 Å². The van der Waals surface area contributed by atoms with Gasteiger partial charge >= 0.3 is 0 Å². The van der Waals surface area contributed by atoms with Gasteiger partial charge in [0.1, 0.15) is 5.75 Å². The Bertz CT molecular complexity index is 589. The molecule has 2 aromatic rings. The van der Waals surface area contributed by atoms with Crippen molar-refractivity contribution in [3.63, 3.8) is 0 Å².